The van der Waals surface area contributed by atoms with Crippen LogP contribution in [0.15, 0.2) is 4.99 Å². The van der Waals surface area contributed by atoms with Gasteiger partial charge in [-0.25, -0.2) is 4.79 Å². The first kappa shape index (κ1) is 19.1. The summed E-state index contributed by atoms with van der Waals surface area (Å²) >= 11 is 3.29. The van der Waals surface area contributed by atoms with Crippen LogP contribution in [0.25, 0.3) is 0 Å². The molecule has 0 aromatic heterocycles. The molecule has 6 heteroatoms. The molecule has 20 heavy (non-hydrogen) atoms. The van der Waals surface area contributed by atoms with Gasteiger partial charge < -0.3 is 10.1 Å². The molecule has 0 fully saturated rings. The number of carbonyl (C=O) groups is 2. The van der Waals surface area contributed by atoms with Crippen molar-refractivity contribution in [1.82, 2.24) is 5.32 Å². The average Bonchev–Trinajstić information content (AvgIpc) is 2.33. The molecule has 0 aromatic rings. The summed E-state index contributed by atoms with van der Waals surface area (Å²) in [5.74, 6) is 0.0897. The Morgan fingerprint density at radius 1 is 1.25 bits per heavy atom. The Kier molecular flexibility index (Phi) is 10.3. The van der Waals surface area contributed by atoms with Crippen LogP contribution in [-0.2, 0) is 9.53 Å². The van der Waals surface area contributed by atoms with E-state index in [1.807, 2.05) is 0 Å². The summed E-state index contributed by atoms with van der Waals surface area (Å²) in [6.45, 7) is 6.08. The Balaban J connectivity index is 3.53. The van der Waals surface area contributed by atoms with E-state index in [2.05, 4.69) is 26.2 Å². The van der Waals surface area contributed by atoms with Gasteiger partial charge in [-0.1, -0.05) is 15.9 Å². The highest BCUT2D eigenvalue weighted by atomic mass is 79.9. The fourth-order valence-electron chi connectivity index (χ4n) is 1.33. The van der Waals surface area contributed by atoms with E-state index in [4.69, 9.17) is 4.74 Å². The zero-order valence-corrected chi connectivity index (χ0v) is 14.2. The fraction of sp³-hybridized carbons (Fsp3) is 0.786. The Morgan fingerprint density at radius 2 is 1.95 bits per heavy atom. The fourth-order valence-corrected chi connectivity index (χ4v) is 1.61. The number of nitrogens with zero attached hydrogens (tertiary/aromatic N) is 1. The highest BCUT2D eigenvalue weighted by Gasteiger charge is 2.14. The van der Waals surface area contributed by atoms with Crippen LogP contribution in [0.3, 0.4) is 0 Å². The normalized spacial score (nSPS) is 11.6. The number of aliphatic imine (C=N–C) groups is 1. The standard InChI is InChI=1S/C14H25BrN2O3/c1-14(2,3)20-13(19)17-11-6-4-5-10-16-12(18)8-7-9-15/h11H,4-10H2,1-3H3,(H,16,18)/b17-11+. The Morgan fingerprint density at radius 3 is 2.55 bits per heavy atom. The first-order chi connectivity index (χ1) is 9.35. The molecule has 2 amide bonds. The second-order valence-corrected chi connectivity index (χ2v) is 6.22. The van der Waals surface area contributed by atoms with Crippen molar-refractivity contribution in [3.63, 3.8) is 0 Å². The number of alkyl halides is 1. The molecule has 0 aromatic carbocycles. The molecule has 0 rings (SSSR count). The van der Waals surface area contributed by atoms with Gasteiger partial charge >= 0.3 is 6.09 Å². The molecule has 0 radical (unpaired) electrons. The van der Waals surface area contributed by atoms with E-state index in [9.17, 15) is 9.59 Å². The molecule has 0 bridgehead atoms. The lowest BCUT2D eigenvalue weighted by molar-refractivity contribution is -0.121. The zero-order chi connectivity index (χ0) is 15.4. The molecule has 116 valence electrons. The molecule has 0 aliphatic rings. The molecule has 0 spiro atoms. The number of ether oxygens (including phenoxy) is 1. The lowest BCUT2D eigenvalue weighted by atomic mass is 10.2. The van der Waals surface area contributed by atoms with Gasteiger partial charge in [0, 0.05) is 24.5 Å². The van der Waals surface area contributed by atoms with Crippen LogP contribution in [-0.4, -0.2) is 35.7 Å². The average molecular weight is 349 g/mol. The first-order valence-corrected chi connectivity index (χ1v) is 8.05. The maximum atomic E-state index is 11.3. The highest BCUT2D eigenvalue weighted by molar-refractivity contribution is 9.09. The molecular formula is C14H25BrN2O3. The van der Waals surface area contributed by atoms with E-state index < -0.39 is 11.7 Å². The van der Waals surface area contributed by atoms with E-state index in [1.54, 1.807) is 27.0 Å². The molecule has 0 atom stereocenters. The monoisotopic (exact) mass is 348 g/mol. The number of unbranched alkanes of at least 4 members (excludes halogenated alkanes) is 2. The predicted octanol–water partition coefficient (Wildman–Crippen LogP) is 3.45. The van der Waals surface area contributed by atoms with Crippen molar-refractivity contribution in [3.8, 4) is 0 Å². The first-order valence-electron chi connectivity index (χ1n) is 6.93. The largest absolute Gasteiger partial charge is 0.442 e. The molecule has 0 aliphatic carbocycles. The van der Waals surface area contributed by atoms with Crippen LogP contribution in [0, 0.1) is 0 Å². The van der Waals surface area contributed by atoms with Crippen molar-refractivity contribution in [2.24, 2.45) is 4.99 Å². The number of rotatable bonds is 8. The predicted molar refractivity (Wildman–Crippen MR) is 84.6 cm³/mol. The van der Waals surface area contributed by atoms with Gasteiger partial charge in [0.15, 0.2) is 0 Å². The van der Waals surface area contributed by atoms with E-state index in [-0.39, 0.29) is 5.91 Å². The SMILES string of the molecule is CC(C)(C)OC(=O)/N=C/CCCCNC(=O)CCCBr. The molecule has 1 N–H and O–H groups in total. The van der Waals surface area contributed by atoms with Crippen molar-refractivity contribution in [2.45, 2.75) is 58.5 Å². The summed E-state index contributed by atoms with van der Waals surface area (Å²) < 4.78 is 5.04. The molecule has 0 heterocycles. The van der Waals surface area contributed by atoms with Crippen LogP contribution in [0.4, 0.5) is 4.79 Å². The third-order valence-corrected chi connectivity index (χ3v) is 2.77. The van der Waals surface area contributed by atoms with Gasteiger partial charge in [0.25, 0.3) is 0 Å². The quantitative estimate of drug-likeness (QED) is 0.415. The van der Waals surface area contributed by atoms with E-state index >= 15 is 0 Å². The topological polar surface area (TPSA) is 67.8 Å². The van der Waals surface area contributed by atoms with Crippen LogP contribution in [0.5, 0.6) is 0 Å². The summed E-state index contributed by atoms with van der Waals surface area (Å²) in [6, 6.07) is 0. The van der Waals surface area contributed by atoms with Gasteiger partial charge in [-0.2, -0.15) is 4.99 Å². The maximum absolute atomic E-state index is 11.3. The molecule has 0 saturated heterocycles. The number of hydrogen-bond donors (Lipinski definition) is 1. The molecule has 5 nitrogen and oxygen atoms in total. The Bertz CT molecular complexity index is 325. The summed E-state index contributed by atoms with van der Waals surface area (Å²) in [6.07, 6.45) is 4.89. The summed E-state index contributed by atoms with van der Waals surface area (Å²) in [5, 5.41) is 3.70. The van der Waals surface area contributed by atoms with Gasteiger partial charge in [0.05, 0.1) is 0 Å². The summed E-state index contributed by atoms with van der Waals surface area (Å²) in [5.41, 5.74) is -0.506. The van der Waals surface area contributed by atoms with Crippen LogP contribution in [0.1, 0.15) is 52.9 Å². The minimum atomic E-state index is -0.555. The maximum Gasteiger partial charge on any atom is 0.433 e. The van der Waals surface area contributed by atoms with Gasteiger partial charge in [0.2, 0.25) is 5.91 Å². The zero-order valence-electron chi connectivity index (χ0n) is 12.6. The van der Waals surface area contributed by atoms with Crippen LogP contribution >= 0.6 is 15.9 Å². The highest BCUT2D eigenvalue weighted by Crippen LogP contribution is 2.07. The molecule has 0 saturated carbocycles. The number of amides is 2. The lowest BCUT2D eigenvalue weighted by Gasteiger charge is -2.17. The van der Waals surface area contributed by atoms with E-state index in [0.717, 1.165) is 24.6 Å². The summed E-state index contributed by atoms with van der Waals surface area (Å²) in [4.78, 5) is 26.3. The van der Waals surface area contributed by atoms with Crippen molar-refractivity contribution in [1.29, 1.82) is 0 Å². The third-order valence-electron chi connectivity index (χ3n) is 2.21. The van der Waals surface area contributed by atoms with E-state index in [1.165, 1.54) is 0 Å². The van der Waals surface area contributed by atoms with E-state index in [0.29, 0.717) is 19.4 Å². The van der Waals surface area contributed by atoms with Gasteiger partial charge in [0.1, 0.15) is 5.60 Å². The Labute approximate surface area is 129 Å². The second kappa shape index (κ2) is 10.8. The lowest BCUT2D eigenvalue weighted by Crippen LogP contribution is -2.24. The number of hydrogen-bond acceptors (Lipinski definition) is 3. The van der Waals surface area contributed by atoms with Crippen molar-refractivity contribution < 1.29 is 14.3 Å². The Hall–Kier alpha value is -0.910. The molecule has 0 unspecified atom stereocenters. The van der Waals surface area contributed by atoms with Crippen LogP contribution in [0.2, 0.25) is 0 Å². The smallest absolute Gasteiger partial charge is 0.433 e. The third kappa shape index (κ3) is 13.5. The van der Waals surface area contributed by atoms with Crippen molar-refractivity contribution in [2.75, 3.05) is 11.9 Å². The number of carbonyl (C=O) groups excluding carboxylic acids is 2. The molecular weight excluding hydrogens is 324 g/mol. The minimum absolute atomic E-state index is 0.0897. The summed E-state index contributed by atoms with van der Waals surface area (Å²) in [7, 11) is 0. The molecule has 0 aliphatic heterocycles. The van der Waals surface area contributed by atoms with Crippen molar-refractivity contribution >= 4 is 34.1 Å². The van der Waals surface area contributed by atoms with Gasteiger partial charge in [-0.15, -0.1) is 0 Å². The van der Waals surface area contributed by atoms with Crippen molar-refractivity contribution in [3.05, 3.63) is 0 Å². The van der Waals surface area contributed by atoms with Gasteiger partial charge in [-0.05, 0) is 46.5 Å². The van der Waals surface area contributed by atoms with Gasteiger partial charge in [-0.3, -0.25) is 4.79 Å². The number of halogens is 1. The second-order valence-electron chi connectivity index (χ2n) is 5.43. The minimum Gasteiger partial charge on any atom is -0.442 e. The van der Waals surface area contributed by atoms with Crippen LogP contribution < -0.4 is 5.32 Å². The number of nitrogens with one attached hydrogen (secondary N) is 1.